The standard InChI is InChI=1S/C20H21FN4O5/c1-12(26)23-17(10-13-5-4-7-15(21)9-13)20(28)24-16(19(22)27)11-14-6-2-3-8-18(14)25(29)30/h2-9,16-17H,10-11H2,1H3,(H2,22,27)(H,23,26)(H,24,28)/t16-,17-/m1/s1. The maximum Gasteiger partial charge on any atom is 0.272 e. The van der Waals surface area contributed by atoms with Gasteiger partial charge in [0.05, 0.1) is 4.92 Å². The van der Waals surface area contributed by atoms with Gasteiger partial charge in [-0.15, -0.1) is 0 Å². The summed E-state index contributed by atoms with van der Waals surface area (Å²) in [5.41, 5.74) is 5.83. The minimum absolute atomic E-state index is 0.0276. The van der Waals surface area contributed by atoms with E-state index in [0.717, 1.165) is 0 Å². The van der Waals surface area contributed by atoms with Crippen LogP contribution in [0.1, 0.15) is 18.1 Å². The number of primary amides is 1. The Balaban J connectivity index is 2.20. The molecule has 0 radical (unpaired) electrons. The molecule has 0 aliphatic heterocycles. The van der Waals surface area contributed by atoms with Crippen LogP contribution < -0.4 is 16.4 Å². The lowest BCUT2D eigenvalue weighted by molar-refractivity contribution is -0.385. The summed E-state index contributed by atoms with van der Waals surface area (Å²) in [5.74, 6) is -2.62. The molecular weight excluding hydrogens is 395 g/mol. The summed E-state index contributed by atoms with van der Waals surface area (Å²) in [7, 11) is 0. The maximum absolute atomic E-state index is 13.4. The van der Waals surface area contributed by atoms with Crippen LogP contribution in [0.4, 0.5) is 10.1 Å². The van der Waals surface area contributed by atoms with Crippen molar-refractivity contribution >= 4 is 23.4 Å². The highest BCUT2D eigenvalue weighted by Crippen LogP contribution is 2.19. The highest BCUT2D eigenvalue weighted by atomic mass is 19.1. The zero-order chi connectivity index (χ0) is 22.3. The fourth-order valence-electron chi connectivity index (χ4n) is 2.93. The third-order valence-electron chi connectivity index (χ3n) is 4.30. The number of rotatable bonds is 9. The average molecular weight is 416 g/mol. The Morgan fingerprint density at radius 1 is 1.07 bits per heavy atom. The highest BCUT2D eigenvalue weighted by Gasteiger charge is 2.27. The number of hydrogen-bond acceptors (Lipinski definition) is 5. The SMILES string of the molecule is CC(=O)N[C@H](Cc1cccc(F)c1)C(=O)N[C@H](Cc1ccccc1[N+](=O)[O-])C(N)=O. The molecule has 0 aliphatic carbocycles. The lowest BCUT2D eigenvalue weighted by Gasteiger charge is -2.21. The van der Waals surface area contributed by atoms with E-state index in [1.807, 2.05) is 0 Å². The van der Waals surface area contributed by atoms with Crippen molar-refractivity contribution in [3.63, 3.8) is 0 Å². The fraction of sp³-hybridized carbons (Fsp3) is 0.250. The number of nitrogens with one attached hydrogen (secondary N) is 2. The Morgan fingerprint density at radius 2 is 1.77 bits per heavy atom. The van der Waals surface area contributed by atoms with E-state index in [9.17, 15) is 28.9 Å². The predicted molar refractivity (Wildman–Crippen MR) is 106 cm³/mol. The van der Waals surface area contributed by atoms with Crippen molar-refractivity contribution in [3.8, 4) is 0 Å². The molecule has 9 nitrogen and oxygen atoms in total. The molecule has 0 aromatic heterocycles. The van der Waals surface area contributed by atoms with Crippen molar-refractivity contribution in [2.45, 2.75) is 31.8 Å². The van der Waals surface area contributed by atoms with Gasteiger partial charge in [0, 0.05) is 31.4 Å². The Morgan fingerprint density at radius 3 is 2.37 bits per heavy atom. The smallest absolute Gasteiger partial charge is 0.272 e. The largest absolute Gasteiger partial charge is 0.368 e. The molecular formula is C20H21FN4O5. The van der Waals surface area contributed by atoms with Gasteiger partial charge in [-0.05, 0) is 17.7 Å². The minimum Gasteiger partial charge on any atom is -0.368 e. The summed E-state index contributed by atoms with van der Waals surface area (Å²) < 4.78 is 13.4. The summed E-state index contributed by atoms with van der Waals surface area (Å²) in [6, 6.07) is 8.94. The van der Waals surface area contributed by atoms with Crippen LogP contribution in [0.5, 0.6) is 0 Å². The molecule has 0 fully saturated rings. The van der Waals surface area contributed by atoms with Gasteiger partial charge in [0.15, 0.2) is 0 Å². The van der Waals surface area contributed by atoms with Gasteiger partial charge in [0.25, 0.3) is 5.69 Å². The number of halogens is 1. The van der Waals surface area contributed by atoms with Crippen molar-refractivity contribution in [1.29, 1.82) is 0 Å². The highest BCUT2D eigenvalue weighted by molar-refractivity contribution is 5.91. The summed E-state index contributed by atoms with van der Waals surface area (Å²) in [5, 5.41) is 16.1. The normalized spacial score (nSPS) is 12.5. The van der Waals surface area contributed by atoms with Crippen LogP contribution >= 0.6 is 0 Å². The molecule has 4 N–H and O–H groups in total. The van der Waals surface area contributed by atoms with Crippen molar-refractivity contribution in [2.24, 2.45) is 5.73 Å². The van der Waals surface area contributed by atoms with Crippen molar-refractivity contribution in [2.75, 3.05) is 0 Å². The number of nitro benzene ring substituents is 1. The zero-order valence-corrected chi connectivity index (χ0v) is 16.1. The topological polar surface area (TPSA) is 144 Å². The van der Waals surface area contributed by atoms with E-state index in [-0.39, 0.29) is 24.1 Å². The molecule has 30 heavy (non-hydrogen) atoms. The third-order valence-corrected chi connectivity index (χ3v) is 4.30. The molecule has 0 heterocycles. The van der Waals surface area contributed by atoms with Crippen LogP contribution in [0.2, 0.25) is 0 Å². The molecule has 0 aliphatic rings. The van der Waals surface area contributed by atoms with Crippen LogP contribution in [0.3, 0.4) is 0 Å². The van der Waals surface area contributed by atoms with Gasteiger partial charge in [-0.25, -0.2) is 4.39 Å². The lowest BCUT2D eigenvalue weighted by Crippen LogP contribution is -2.54. The molecule has 0 bridgehead atoms. The second-order valence-electron chi connectivity index (χ2n) is 6.64. The average Bonchev–Trinajstić information content (AvgIpc) is 2.66. The minimum atomic E-state index is -1.25. The molecule has 0 unspecified atom stereocenters. The predicted octanol–water partition coefficient (Wildman–Crippen LogP) is 0.994. The van der Waals surface area contributed by atoms with Gasteiger partial charge < -0.3 is 16.4 Å². The summed E-state index contributed by atoms with van der Waals surface area (Å²) >= 11 is 0. The molecule has 2 aromatic carbocycles. The van der Waals surface area contributed by atoms with Crippen molar-refractivity contribution in [1.82, 2.24) is 10.6 Å². The van der Waals surface area contributed by atoms with E-state index in [2.05, 4.69) is 10.6 Å². The van der Waals surface area contributed by atoms with Gasteiger partial charge in [-0.1, -0.05) is 30.3 Å². The van der Waals surface area contributed by atoms with Crippen molar-refractivity contribution < 1.29 is 23.7 Å². The summed E-state index contributed by atoms with van der Waals surface area (Å²) in [6.45, 7) is 1.21. The Labute approximate surface area is 171 Å². The van der Waals surface area contributed by atoms with Crippen molar-refractivity contribution in [3.05, 3.63) is 75.6 Å². The molecule has 0 saturated heterocycles. The Bertz CT molecular complexity index is 966. The van der Waals surface area contributed by atoms with Crippen LogP contribution in [0, 0.1) is 15.9 Å². The number of carbonyl (C=O) groups is 3. The fourth-order valence-corrected chi connectivity index (χ4v) is 2.93. The van der Waals surface area contributed by atoms with Gasteiger partial charge in [-0.3, -0.25) is 24.5 Å². The van der Waals surface area contributed by atoms with Gasteiger partial charge in [-0.2, -0.15) is 0 Å². The van der Waals surface area contributed by atoms with Crippen LogP contribution in [-0.4, -0.2) is 34.7 Å². The van der Waals surface area contributed by atoms with Gasteiger partial charge >= 0.3 is 0 Å². The van der Waals surface area contributed by atoms with Crippen LogP contribution in [0.25, 0.3) is 0 Å². The number of carbonyl (C=O) groups excluding carboxylic acids is 3. The summed E-state index contributed by atoms with van der Waals surface area (Å²) in [4.78, 5) is 46.7. The first-order valence-corrected chi connectivity index (χ1v) is 9.01. The molecule has 2 atom stereocenters. The molecule has 0 saturated carbocycles. The first-order chi connectivity index (χ1) is 14.2. The number of nitrogens with zero attached hydrogens (tertiary/aromatic N) is 1. The Kier molecular flexibility index (Phi) is 7.56. The number of benzene rings is 2. The molecule has 0 spiro atoms. The molecule has 3 amide bonds. The Hall–Kier alpha value is -3.82. The maximum atomic E-state index is 13.4. The van der Waals surface area contributed by atoms with E-state index < -0.39 is 40.5 Å². The van der Waals surface area contributed by atoms with E-state index >= 15 is 0 Å². The second-order valence-corrected chi connectivity index (χ2v) is 6.64. The number of hydrogen-bond donors (Lipinski definition) is 3. The third kappa shape index (κ3) is 6.36. The first kappa shape index (κ1) is 22.5. The number of amides is 3. The molecule has 10 heteroatoms. The van der Waals surface area contributed by atoms with E-state index in [4.69, 9.17) is 5.73 Å². The van der Waals surface area contributed by atoms with E-state index in [1.165, 1.54) is 43.3 Å². The molecule has 158 valence electrons. The lowest BCUT2D eigenvalue weighted by atomic mass is 10.0. The van der Waals surface area contributed by atoms with Crippen LogP contribution in [-0.2, 0) is 27.2 Å². The first-order valence-electron chi connectivity index (χ1n) is 9.01. The number of nitro groups is 1. The van der Waals surface area contributed by atoms with Gasteiger partial charge in [0.1, 0.15) is 17.9 Å². The zero-order valence-electron chi connectivity index (χ0n) is 16.1. The quantitative estimate of drug-likeness (QED) is 0.412. The van der Waals surface area contributed by atoms with Crippen LogP contribution in [0.15, 0.2) is 48.5 Å². The summed E-state index contributed by atoms with van der Waals surface area (Å²) in [6.07, 6.45) is -0.231. The number of para-hydroxylation sites is 1. The van der Waals surface area contributed by atoms with E-state index in [0.29, 0.717) is 5.56 Å². The monoisotopic (exact) mass is 416 g/mol. The molecule has 2 rings (SSSR count). The number of nitrogens with two attached hydrogens (primary N) is 1. The second kappa shape index (κ2) is 10.1. The van der Waals surface area contributed by atoms with Gasteiger partial charge in [0.2, 0.25) is 17.7 Å². The molecule has 2 aromatic rings. The van der Waals surface area contributed by atoms with E-state index in [1.54, 1.807) is 12.1 Å².